The topological polar surface area (TPSA) is 63.4 Å². The first kappa shape index (κ1) is 5.81. The molecule has 4 heteroatoms. The Kier molecular flexibility index (Phi) is 1.22. The molecule has 0 spiro atoms. The van der Waals surface area contributed by atoms with E-state index in [0.29, 0.717) is 6.54 Å². The van der Waals surface area contributed by atoms with Crippen LogP contribution in [0.4, 0.5) is 4.79 Å². The van der Waals surface area contributed by atoms with Crippen LogP contribution >= 0.6 is 0 Å². The highest BCUT2D eigenvalue weighted by Gasteiger charge is 2.18. The number of rotatable bonds is 0. The first-order valence-corrected chi connectivity index (χ1v) is 2.49. The quantitative estimate of drug-likeness (QED) is 0.474. The molecule has 1 aliphatic rings. The van der Waals surface area contributed by atoms with Crippen LogP contribution in [-0.4, -0.2) is 23.4 Å². The summed E-state index contributed by atoms with van der Waals surface area (Å²) >= 11 is 0. The van der Waals surface area contributed by atoms with E-state index in [1.165, 1.54) is 6.08 Å². The van der Waals surface area contributed by atoms with Crippen molar-refractivity contribution >= 4 is 11.9 Å². The van der Waals surface area contributed by atoms with Crippen molar-refractivity contribution in [3.63, 3.8) is 0 Å². The Morgan fingerprint density at radius 1 is 1.78 bits per heavy atom. The van der Waals surface area contributed by atoms with Crippen molar-refractivity contribution in [2.75, 3.05) is 6.54 Å². The number of hydrogen-bond donors (Lipinski definition) is 1. The van der Waals surface area contributed by atoms with Crippen molar-refractivity contribution in [1.29, 1.82) is 0 Å². The number of nitrogens with zero attached hydrogens (tertiary/aromatic N) is 1. The minimum absolute atomic E-state index is 0.314. The molecule has 0 aromatic heterocycles. The fraction of sp³-hybridized carbons (Fsp3) is 0.200. The Balaban J connectivity index is 2.66. The van der Waals surface area contributed by atoms with E-state index < -0.39 is 6.03 Å². The van der Waals surface area contributed by atoms with Crippen LogP contribution in [-0.2, 0) is 4.79 Å². The van der Waals surface area contributed by atoms with E-state index >= 15 is 0 Å². The van der Waals surface area contributed by atoms with Gasteiger partial charge in [-0.1, -0.05) is 6.08 Å². The molecule has 0 aromatic rings. The van der Waals surface area contributed by atoms with Crippen LogP contribution in [0.5, 0.6) is 0 Å². The molecule has 1 rings (SSSR count). The van der Waals surface area contributed by atoms with E-state index in [-0.39, 0.29) is 5.91 Å². The number of hydrogen-bond acceptors (Lipinski definition) is 2. The van der Waals surface area contributed by atoms with Gasteiger partial charge in [-0.05, 0) is 0 Å². The SMILES string of the molecule is NC(=O)N1CC=CC1=O. The molecule has 0 saturated heterocycles. The van der Waals surface area contributed by atoms with E-state index in [1.807, 2.05) is 0 Å². The molecule has 1 aliphatic heterocycles. The predicted molar refractivity (Wildman–Crippen MR) is 30.4 cm³/mol. The van der Waals surface area contributed by atoms with Crippen molar-refractivity contribution in [2.45, 2.75) is 0 Å². The summed E-state index contributed by atoms with van der Waals surface area (Å²) in [5.74, 6) is -0.331. The standard InChI is InChI=1S/C5H6N2O2/c6-5(9)7-3-1-2-4(7)8/h1-2H,3H2,(H2,6,9). The van der Waals surface area contributed by atoms with Crippen LogP contribution < -0.4 is 5.73 Å². The van der Waals surface area contributed by atoms with Gasteiger partial charge in [0.2, 0.25) is 0 Å². The maximum Gasteiger partial charge on any atom is 0.322 e. The molecule has 0 saturated carbocycles. The third-order valence-electron chi connectivity index (χ3n) is 1.08. The lowest BCUT2D eigenvalue weighted by Crippen LogP contribution is -2.36. The van der Waals surface area contributed by atoms with E-state index in [0.717, 1.165) is 4.90 Å². The van der Waals surface area contributed by atoms with E-state index in [4.69, 9.17) is 5.73 Å². The third-order valence-corrected chi connectivity index (χ3v) is 1.08. The van der Waals surface area contributed by atoms with Crippen LogP contribution in [0.1, 0.15) is 0 Å². The second-order valence-electron chi connectivity index (χ2n) is 1.69. The summed E-state index contributed by atoms with van der Waals surface area (Å²) in [6.07, 6.45) is 2.91. The zero-order valence-corrected chi connectivity index (χ0v) is 4.70. The first-order valence-electron chi connectivity index (χ1n) is 2.49. The number of primary amides is 1. The van der Waals surface area contributed by atoms with E-state index in [1.54, 1.807) is 6.08 Å². The van der Waals surface area contributed by atoms with Gasteiger partial charge in [-0.2, -0.15) is 0 Å². The van der Waals surface area contributed by atoms with Gasteiger partial charge in [-0.15, -0.1) is 0 Å². The first-order chi connectivity index (χ1) is 4.22. The Labute approximate surface area is 51.9 Å². The van der Waals surface area contributed by atoms with Crippen LogP contribution in [0.2, 0.25) is 0 Å². The molecule has 4 nitrogen and oxygen atoms in total. The van der Waals surface area contributed by atoms with Crippen molar-refractivity contribution in [1.82, 2.24) is 4.90 Å². The highest BCUT2D eigenvalue weighted by molar-refractivity contribution is 6.01. The molecular formula is C5H6N2O2. The van der Waals surface area contributed by atoms with Gasteiger partial charge in [0.15, 0.2) is 0 Å². The van der Waals surface area contributed by atoms with Crippen LogP contribution in [0.25, 0.3) is 0 Å². The Hall–Kier alpha value is -1.32. The van der Waals surface area contributed by atoms with Gasteiger partial charge in [-0.3, -0.25) is 9.69 Å². The molecule has 1 heterocycles. The lowest BCUT2D eigenvalue weighted by Gasteiger charge is -2.07. The largest absolute Gasteiger partial charge is 0.351 e. The Bertz CT molecular complexity index is 185. The highest BCUT2D eigenvalue weighted by atomic mass is 16.2. The fourth-order valence-corrected chi connectivity index (χ4v) is 0.637. The zero-order valence-electron chi connectivity index (χ0n) is 4.70. The molecule has 0 atom stereocenters. The average Bonchev–Trinajstić information content (AvgIpc) is 2.13. The average molecular weight is 126 g/mol. The van der Waals surface area contributed by atoms with Crippen LogP contribution in [0.3, 0.4) is 0 Å². The molecule has 0 aromatic carbocycles. The number of urea groups is 1. The lowest BCUT2D eigenvalue weighted by molar-refractivity contribution is -0.121. The van der Waals surface area contributed by atoms with Gasteiger partial charge in [-0.25, -0.2) is 4.79 Å². The van der Waals surface area contributed by atoms with Crippen molar-refractivity contribution in [3.05, 3.63) is 12.2 Å². The number of carbonyl (C=O) groups is 2. The number of imide groups is 1. The minimum Gasteiger partial charge on any atom is -0.351 e. The zero-order chi connectivity index (χ0) is 6.85. The van der Waals surface area contributed by atoms with Gasteiger partial charge >= 0.3 is 6.03 Å². The second kappa shape index (κ2) is 1.89. The summed E-state index contributed by atoms with van der Waals surface area (Å²) in [6.45, 7) is 0.314. The summed E-state index contributed by atoms with van der Waals surface area (Å²) in [6, 6.07) is -0.690. The summed E-state index contributed by atoms with van der Waals surface area (Å²) in [4.78, 5) is 21.8. The van der Waals surface area contributed by atoms with Gasteiger partial charge in [0.1, 0.15) is 0 Å². The molecule has 48 valence electrons. The van der Waals surface area contributed by atoms with E-state index in [9.17, 15) is 9.59 Å². The second-order valence-corrected chi connectivity index (χ2v) is 1.69. The minimum atomic E-state index is -0.690. The van der Waals surface area contributed by atoms with E-state index in [2.05, 4.69) is 0 Å². The molecular weight excluding hydrogens is 120 g/mol. The third kappa shape index (κ3) is 0.910. The Morgan fingerprint density at radius 3 is 2.67 bits per heavy atom. The molecule has 9 heavy (non-hydrogen) atoms. The highest BCUT2D eigenvalue weighted by Crippen LogP contribution is 1.98. The summed E-state index contributed by atoms with van der Waals surface area (Å²) < 4.78 is 0. The number of carbonyl (C=O) groups excluding carboxylic acids is 2. The molecule has 2 N–H and O–H groups in total. The smallest absolute Gasteiger partial charge is 0.322 e. The van der Waals surface area contributed by atoms with Gasteiger partial charge in [0.05, 0.1) is 0 Å². The van der Waals surface area contributed by atoms with Gasteiger partial charge in [0, 0.05) is 12.6 Å². The van der Waals surface area contributed by atoms with Crippen molar-refractivity contribution in [3.8, 4) is 0 Å². The fourth-order valence-electron chi connectivity index (χ4n) is 0.637. The maximum atomic E-state index is 10.6. The molecule has 0 fully saturated rings. The molecule has 0 unspecified atom stereocenters. The van der Waals surface area contributed by atoms with Gasteiger partial charge in [0.25, 0.3) is 5.91 Å². The normalized spacial score (nSPS) is 16.9. The van der Waals surface area contributed by atoms with Crippen LogP contribution in [0.15, 0.2) is 12.2 Å². The summed E-state index contributed by atoms with van der Waals surface area (Å²) in [7, 11) is 0. The predicted octanol–water partition coefficient (Wildman–Crippen LogP) is -0.536. The number of nitrogens with two attached hydrogens (primary N) is 1. The summed E-state index contributed by atoms with van der Waals surface area (Å²) in [5, 5.41) is 0. The number of amides is 3. The van der Waals surface area contributed by atoms with Crippen LogP contribution in [0, 0.1) is 0 Å². The lowest BCUT2D eigenvalue weighted by atomic mass is 10.6. The monoisotopic (exact) mass is 126 g/mol. The molecule has 0 aliphatic carbocycles. The van der Waals surface area contributed by atoms with Crippen molar-refractivity contribution < 1.29 is 9.59 Å². The molecule has 3 amide bonds. The van der Waals surface area contributed by atoms with Crippen molar-refractivity contribution in [2.24, 2.45) is 5.73 Å². The molecule has 0 bridgehead atoms. The van der Waals surface area contributed by atoms with Gasteiger partial charge < -0.3 is 5.73 Å². The Morgan fingerprint density at radius 2 is 2.44 bits per heavy atom. The maximum absolute atomic E-state index is 10.6. The summed E-state index contributed by atoms with van der Waals surface area (Å²) in [5.41, 5.74) is 4.81. The molecule has 0 radical (unpaired) electrons.